The first kappa shape index (κ1) is 19.0. The van der Waals surface area contributed by atoms with E-state index in [1.165, 1.54) is 24.1 Å². The van der Waals surface area contributed by atoms with Gasteiger partial charge < -0.3 is 15.0 Å². The minimum Gasteiger partial charge on any atom is -0.378 e. The predicted molar refractivity (Wildman–Crippen MR) is 113 cm³/mol. The van der Waals surface area contributed by atoms with Gasteiger partial charge in [0.15, 0.2) is 0 Å². The molecule has 5 heteroatoms. The van der Waals surface area contributed by atoms with Crippen molar-refractivity contribution in [2.45, 2.75) is 26.3 Å². The zero-order valence-corrected chi connectivity index (χ0v) is 16.6. The molecule has 0 radical (unpaired) electrons. The Hall–Kier alpha value is -2.37. The van der Waals surface area contributed by atoms with Gasteiger partial charge in [0, 0.05) is 36.6 Å². The van der Waals surface area contributed by atoms with Crippen molar-refractivity contribution in [2.24, 2.45) is 0 Å². The highest BCUT2D eigenvalue weighted by molar-refractivity contribution is 6.04. The van der Waals surface area contributed by atoms with E-state index in [-0.39, 0.29) is 5.91 Å². The number of anilines is 2. The first-order valence-electron chi connectivity index (χ1n) is 10.2. The molecule has 4 rings (SSSR count). The maximum absolute atomic E-state index is 12.8. The van der Waals surface area contributed by atoms with Gasteiger partial charge in [0.05, 0.1) is 13.2 Å². The number of hydrogen-bond donors (Lipinski definition) is 1. The van der Waals surface area contributed by atoms with Crippen LogP contribution in [0.15, 0.2) is 42.5 Å². The second kappa shape index (κ2) is 8.76. The first-order valence-corrected chi connectivity index (χ1v) is 10.2. The minimum absolute atomic E-state index is 0.0505. The molecule has 2 fully saturated rings. The second-order valence-electron chi connectivity index (χ2n) is 7.74. The SMILES string of the molecule is Cc1cc(N2CCOCC2)ccc1NC(=O)c1cccc(CN2CCCC2)c1. The van der Waals surface area contributed by atoms with E-state index in [2.05, 4.69) is 33.3 Å². The topological polar surface area (TPSA) is 44.8 Å². The number of morpholine rings is 1. The van der Waals surface area contributed by atoms with E-state index < -0.39 is 0 Å². The Balaban J connectivity index is 1.43. The fraction of sp³-hybridized carbons (Fsp3) is 0.435. The molecule has 2 aliphatic heterocycles. The summed E-state index contributed by atoms with van der Waals surface area (Å²) in [5.41, 5.74) is 5.05. The van der Waals surface area contributed by atoms with Crippen LogP contribution in [-0.2, 0) is 11.3 Å². The summed E-state index contributed by atoms with van der Waals surface area (Å²) in [6.45, 7) is 8.65. The molecule has 0 spiro atoms. The van der Waals surface area contributed by atoms with Gasteiger partial charge in [-0.3, -0.25) is 9.69 Å². The highest BCUT2D eigenvalue weighted by atomic mass is 16.5. The molecule has 1 N–H and O–H groups in total. The number of benzene rings is 2. The Kier molecular flexibility index (Phi) is 5.93. The molecule has 0 unspecified atom stereocenters. The Bertz CT molecular complexity index is 824. The highest BCUT2D eigenvalue weighted by Gasteiger charge is 2.15. The van der Waals surface area contributed by atoms with Crippen molar-refractivity contribution >= 4 is 17.3 Å². The molecular formula is C23H29N3O2. The highest BCUT2D eigenvalue weighted by Crippen LogP contribution is 2.24. The molecule has 0 atom stereocenters. The number of rotatable bonds is 5. The van der Waals surface area contributed by atoms with Crippen molar-refractivity contribution in [3.63, 3.8) is 0 Å². The van der Waals surface area contributed by atoms with E-state index >= 15 is 0 Å². The normalized spacial score (nSPS) is 17.7. The maximum atomic E-state index is 12.8. The summed E-state index contributed by atoms with van der Waals surface area (Å²) in [7, 11) is 0. The van der Waals surface area contributed by atoms with Crippen LogP contribution in [0, 0.1) is 6.92 Å². The molecule has 2 aromatic carbocycles. The molecule has 2 aromatic rings. The Labute approximate surface area is 167 Å². The van der Waals surface area contributed by atoms with Crippen LogP contribution in [0.2, 0.25) is 0 Å². The smallest absolute Gasteiger partial charge is 0.255 e. The number of likely N-dealkylation sites (tertiary alicyclic amines) is 1. The van der Waals surface area contributed by atoms with Gasteiger partial charge >= 0.3 is 0 Å². The molecule has 28 heavy (non-hydrogen) atoms. The van der Waals surface area contributed by atoms with Crippen LogP contribution < -0.4 is 10.2 Å². The number of amides is 1. The molecule has 2 aliphatic rings. The van der Waals surface area contributed by atoms with Gasteiger partial charge in [0.2, 0.25) is 0 Å². The molecular weight excluding hydrogens is 350 g/mol. The average molecular weight is 380 g/mol. The van der Waals surface area contributed by atoms with Gasteiger partial charge in [0.25, 0.3) is 5.91 Å². The van der Waals surface area contributed by atoms with E-state index in [0.717, 1.165) is 57.2 Å². The molecule has 148 valence electrons. The van der Waals surface area contributed by atoms with Crippen LogP contribution in [0.1, 0.15) is 34.3 Å². The van der Waals surface area contributed by atoms with Gasteiger partial charge in [-0.15, -0.1) is 0 Å². The summed E-state index contributed by atoms with van der Waals surface area (Å²) in [6, 6.07) is 14.2. The number of carbonyl (C=O) groups excluding carboxylic acids is 1. The molecule has 0 aromatic heterocycles. The number of aryl methyl sites for hydroxylation is 1. The molecule has 5 nitrogen and oxygen atoms in total. The monoisotopic (exact) mass is 379 g/mol. The number of nitrogens with one attached hydrogen (secondary N) is 1. The summed E-state index contributed by atoms with van der Waals surface area (Å²) in [6.07, 6.45) is 2.56. The van der Waals surface area contributed by atoms with Crippen molar-refractivity contribution in [3.8, 4) is 0 Å². The zero-order chi connectivity index (χ0) is 19.3. The summed E-state index contributed by atoms with van der Waals surface area (Å²) in [5.74, 6) is -0.0505. The van der Waals surface area contributed by atoms with Gasteiger partial charge in [-0.25, -0.2) is 0 Å². The van der Waals surface area contributed by atoms with E-state index in [0.29, 0.717) is 5.56 Å². The number of ether oxygens (including phenoxy) is 1. The van der Waals surface area contributed by atoms with Gasteiger partial charge in [-0.1, -0.05) is 12.1 Å². The van der Waals surface area contributed by atoms with Crippen molar-refractivity contribution in [2.75, 3.05) is 49.6 Å². The average Bonchev–Trinajstić information content (AvgIpc) is 3.23. The van der Waals surface area contributed by atoms with Crippen LogP contribution in [0.25, 0.3) is 0 Å². The molecule has 2 heterocycles. The third kappa shape index (κ3) is 4.54. The number of carbonyl (C=O) groups is 1. The van der Waals surface area contributed by atoms with Crippen LogP contribution in [-0.4, -0.2) is 50.2 Å². The maximum Gasteiger partial charge on any atom is 0.255 e. The summed E-state index contributed by atoms with van der Waals surface area (Å²) in [4.78, 5) is 17.6. The number of hydrogen-bond acceptors (Lipinski definition) is 4. The standard InChI is InChI=1S/C23H29N3O2/c1-18-15-21(26-11-13-28-14-12-26)7-8-22(18)24-23(27)20-6-4-5-19(16-20)17-25-9-2-3-10-25/h4-8,15-16H,2-3,9-14,17H2,1H3,(H,24,27). The lowest BCUT2D eigenvalue weighted by atomic mass is 10.1. The van der Waals surface area contributed by atoms with Gasteiger partial charge in [0.1, 0.15) is 0 Å². The molecule has 0 aliphatic carbocycles. The second-order valence-corrected chi connectivity index (χ2v) is 7.74. The van der Waals surface area contributed by atoms with Crippen molar-refractivity contribution < 1.29 is 9.53 Å². The van der Waals surface area contributed by atoms with Crippen LogP contribution in [0.5, 0.6) is 0 Å². The lowest BCUT2D eigenvalue weighted by Gasteiger charge is -2.29. The Morgan fingerprint density at radius 1 is 1.04 bits per heavy atom. The minimum atomic E-state index is -0.0505. The van der Waals surface area contributed by atoms with Crippen molar-refractivity contribution in [3.05, 3.63) is 59.2 Å². The molecule has 0 bridgehead atoms. The lowest BCUT2D eigenvalue weighted by Crippen LogP contribution is -2.36. The van der Waals surface area contributed by atoms with E-state index in [1.807, 2.05) is 31.2 Å². The molecule has 2 saturated heterocycles. The molecule has 1 amide bonds. The lowest BCUT2D eigenvalue weighted by molar-refractivity contribution is 0.102. The number of nitrogens with zero attached hydrogens (tertiary/aromatic N) is 2. The largest absolute Gasteiger partial charge is 0.378 e. The fourth-order valence-electron chi connectivity index (χ4n) is 4.01. The van der Waals surface area contributed by atoms with Crippen molar-refractivity contribution in [1.29, 1.82) is 0 Å². The van der Waals surface area contributed by atoms with E-state index in [9.17, 15) is 4.79 Å². The third-order valence-corrected chi connectivity index (χ3v) is 5.63. The fourth-order valence-corrected chi connectivity index (χ4v) is 4.01. The van der Waals surface area contributed by atoms with E-state index in [4.69, 9.17) is 4.74 Å². The summed E-state index contributed by atoms with van der Waals surface area (Å²) < 4.78 is 5.43. The Morgan fingerprint density at radius 2 is 1.82 bits per heavy atom. The summed E-state index contributed by atoms with van der Waals surface area (Å²) in [5, 5.41) is 3.08. The van der Waals surface area contributed by atoms with Crippen LogP contribution in [0.4, 0.5) is 11.4 Å². The Morgan fingerprint density at radius 3 is 2.57 bits per heavy atom. The van der Waals surface area contributed by atoms with E-state index in [1.54, 1.807) is 0 Å². The predicted octanol–water partition coefficient (Wildman–Crippen LogP) is 3.68. The zero-order valence-electron chi connectivity index (χ0n) is 16.6. The third-order valence-electron chi connectivity index (χ3n) is 5.63. The quantitative estimate of drug-likeness (QED) is 0.861. The van der Waals surface area contributed by atoms with Gasteiger partial charge in [-0.05, 0) is 74.3 Å². The van der Waals surface area contributed by atoms with Crippen molar-refractivity contribution in [1.82, 2.24) is 4.90 Å². The van der Waals surface area contributed by atoms with Gasteiger partial charge in [-0.2, -0.15) is 0 Å². The summed E-state index contributed by atoms with van der Waals surface area (Å²) >= 11 is 0. The molecule has 0 saturated carbocycles. The van der Waals surface area contributed by atoms with Crippen LogP contribution in [0.3, 0.4) is 0 Å². The van der Waals surface area contributed by atoms with Crippen LogP contribution >= 0.6 is 0 Å². The first-order chi connectivity index (χ1) is 13.7.